The van der Waals surface area contributed by atoms with Crippen LogP contribution in [-0.4, -0.2) is 41.0 Å². The number of hydrogen-bond donors (Lipinski definition) is 0. The summed E-state index contributed by atoms with van der Waals surface area (Å²) >= 11 is 0. The van der Waals surface area contributed by atoms with E-state index in [9.17, 15) is 0 Å². The number of hydrogen-bond acceptors (Lipinski definition) is 4. The van der Waals surface area contributed by atoms with Crippen molar-refractivity contribution in [1.29, 1.82) is 0 Å². The number of nitrogens with zero attached hydrogens (tertiary/aromatic N) is 4. The highest BCUT2D eigenvalue weighted by Crippen LogP contribution is 2.24. The highest BCUT2D eigenvalue weighted by molar-refractivity contribution is 5.79. The number of rotatable bonds is 5. The molecule has 0 amide bonds. The lowest BCUT2D eigenvalue weighted by molar-refractivity contribution is 0.249. The van der Waals surface area contributed by atoms with E-state index in [0.29, 0.717) is 0 Å². The predicted molar refractivity (Wildman–Crippen MR) is 123 cm³/mol. The van der Waals surface area contributed by atoms with Gasteiger partial charge in [0.2, 0.25) is 0 Å². The molecule has 2 aromatic carbocycles. The highest BCUT2D eigenvalue weighted by atomic mass is 15.3. The third kappa shape index (κ3) is 4.19. The van der Waals surface area contributed by atoms with Gasteiger partial charge in [0.15, 0.2) is 0 Å². The van der Waals surface area contributed by atoms with Crippen molar-refractivity contribution in [3.8, 4) is 0 Å². The Balaban J connectivity index is 1.29. The maximum Gasteiger partial charge on any atom is 0.0704 e. The summed E-state index contributed by atoms with van der Waals surface area (Å²) in [4.78, 5) is 14.3. The standard InChI is InChI=1S/C26H26N4/c1-2-6-21(7-3-1)20-29-14-16-30(17-15-29)26-9-5-13-28-25(26)19-22-10-11-23-8-4-12-27-24(23)18-22/h1-13,18H,14-17,19-20H2. The minimum absolute atomic E-state index is 0.826. The molecule has 0 radical (unpaired) electrons. The zero-order valence-electron chi connectivity index (χ0n) is 17.1. The zero-order valence-corrected chi connectivity index (χ0v) is 17.1. The smallest absolute Gasteiger partial charge is 0.0704 e. The summed E-state index contributed by atoms with van der Waals surface area (Å²) in [6, 6.07) is 25.6. The fourth-order valence-corrected chi connectivity index (χ4v) is 4.26. The van der Waals surface area contributed by atoms with E-state index in [-0.39, 0.29) is 0 Å². The van der Waals surface area contributed by atoms with Crippen molar-refractivity contribution in [2.75, 3.05) is 31.1 Å². The summed E-state index contributed by atoms with van der Waals surface area (Å²) in [7, 11) is 0. The predicted octanol–water partition coefficient (Wildman–Crippen LogP) is 4.54. The van der Waals surface area contributed by atoms with Crippen molar-refractivity contribution in [3.63, 3.8) is 0 Å². The van der Waals surface area contributed by atoms with Crippen molar-refractivity contribution in [3.05, 3.63) is 102 Å². The summed E-state index contributed by atoms with van der Waals surface area (Å²) in [5.41, 5.74) is 6.09. The van der Waals surface area contributed by atoms with Crippen LogP contribution in [0.1, 0.15) is 16.8 Å². The van der Waals surface area contributed by atoms with Crippen molar-refractivity contribution in [2.24, 2.45) is 0 Å². The summed E-state index contributed by atoms with van der Waals surface area (Å²) in [5.74, 6) is 0. The average molecular weight is 395 g/mol. The number of benzene rings is 2. The molecule has 0 bridgehead atoms. The van der Waals surface area contributed by atoms with Gasteiger partial charge in [-0.1, -0.05) is 48.5 Å². The number of pyridine rings is 2. The first kappa shape index (κ1) is 18.8. The van der Waals surface area contributed by atoms with Gasteiger partial charge < -0.3 is 4.90 Å². The van der Waals surface area contributed by atoms with Crippen molar-refractivity contribution in [1.82, 2.24) is 14.9 Å². The Kier molecular flexibility index (Phi) is 5.40. The molecule has 0 spiro atoms. The maximum atomic E-state index is 4.74. The van der Waals surface area contributed by atoms with E-state index in [1.807, 2.05) is 18.5 Å². The Morgan fingerprint density at radius 2 is 1.50 bits per heavy atom. The van der Waals surface area contributed by atoms with Crippen LogP contribution >= 0.6 is 0 Å². The number of piperazine rings is 1. The van der Waals surface area contributed by atoms with Gasteiger partial charge >= 0.3 is 0 Å². The van der Waals surface area contributed by atoms with Crippen molar-refractivity contribution < 1.29 is 0 Å². The lowest BCUT2D eigenvalue weighted by Gasteiger charge is -2.36. The van der Waals surface area contributed by atoms with Gasteiger partial charge in [-0.3, -0.25) is 14.9 Å². The molecular formula is C26H26N4. The molecule has 1 fully saturated rings. The van der Waals surface area contributed by atoms with Gasteiger partial charge in [0.05, 0.1) is 16.9 Å². The number of fused-ring (bicyclic) bond motifs is 1. The third-order valence-electron chi connectivity index (χ3n) is 5.87. The van der Waals surface area contributed by atoms with E-state index in [1.165, 1.54) is 22.2 Å². The molecule has 30 heavy (non-hydrogen) atoms. The second-order valence-electron chi connectivity index (χ2n) is 7.93. The summed E-state index contributed by atoms with van der Waals surface area (Å²) < 4.78 is 0. The van der Waals surface area contributed by atoms with Crippen LogP contribution in [0.15, 0.2) is 85.2 Å². The molecule has 1 saturated heterocycles. The Bertz CT molecular complexity index is 1120. The highest BCUT2D eigenvalue weighted by Gasteiger charge is 2.20. The summed E-state index contributed by atoms with van der Waals surface area (Å²) in [6.45, 7) is 5.24. The molecule has 0 N–H and O–H groups in total. The minimum Gasteiger partial charge on any atom is -0.367 e. The van der Waals surface area contributed by atoms with Gasteiger partial charge in [0, 0.05) is 56.9 Å². The normalized spacial score (nSPS) is 14.9. The first-order chi connectivity index (χ1) is 14.8. The molecule has 5 rings (SSSR count). The number of anilines is 1. The second kappa shape index (κ2) is 8.64. The average Bonchev–Trinajstić information content (AvgIpc) is 2.81. The molecule has 150 valence electrons. The Hall–Kier alpha value is -3.24. The van der Waals surface area contributed by atoms with Gasteiger partial charge in [-0.15, -0.1) is 0 Å². The van der Waals surface area contributed by atoms with Gasteiger partial charge in [0.25, 0.3) is 0 Å². The van der Waals surface area contributed by atoms with E-state index < -0.39 is 0 Å². The van der Waals surface area contributed by atoms with Crippen LogP contribution in [0, 0.1) is 0 Å². The molecule has 4 nitrogen and oxygen atoms in total. The summed E-state index contributed by atoms with van der Waals surface area (Å²) in [5, 5.41) is 1.18. The molecular weight excluding hydrogens is 368 g/mol. The van der Waals surface area contributed by atoms with Gasteiger partial charge in [-0.2, -0.15) is 0 Å². The zero-order chi connectivity index (χ0) is 20.2. The Labute approximate surface area is 177 Å². The fourth-order valence-electron chi connectivity index (χ4n) is 4.26. The molecule has 4 aromatic rings. The molecule has 4 heteroatoms. The molecule has 3 heterocycles. The van der Waals surface area contributed by atoms with E-state index in [0.717, 1.165) is 50.4 Å². The van der Waals surface area contributed by atoms with Crippen LogP contribution in [0.3, 0.4) is 0 Å². The van der Waals surface area contributed by atoms with Crippen LogP contribution in [0.4, 0.5) is 5.69 Å². The second-order valence-corrected chi connectivity index (χ2v) is 7.93. The van der Waals surface area contributed by atoms with Gasteiger partial charge in [-0.05, 0) is 35.4 Å². The number of aromatic nitrogens is 2. The summed E-state index contributed by atoms with van der Waals surface area (Å²) in [6.07, 6.45) is 4.59. The molecule has 1 aliphatic heterocycles. The van der Waals surface area contributed by atoms with Gasteiger partial charge in [0.1, 0.15) is 0 Å². The van der Waals surface area contributed by atoms with Crippen LogP contribution in [0.25, 0.3) is 10.9 Å². The molecule has 0 saturated carbocycles. The fraction of sp³-hybridized carbons (Fsp3) is 0.231. The molecule has 0 atom stereocenters. The van der Waals surface area contributed by atoms with Crippen LogP contribution in [0.2, 0.25) is 0 Å². The first-order valence-electron chi connectivity index (χ1n) is 10.6. The Morgan fingerprint density at radius 1 is 0.700 bits per heavy atom. The molecule has 0 unspecified atom stereocenters. The third-order valence-corrected chi connectivity index (χ3v) is 5.87. The Morgan fingerprint density at radius 3 is 2.37 bits per heavy atom. The first-order valence-corrected chi connectivity index (χ1v) is 10.6. The quantitative estimate of drug-likeness (QED) is 0.497. The van der Waals surface area contributed by atoms with Crippen molar-refractivity contribution in [2.45, 2.75) is 13.0 Å². The van der Waals surface area contributed by atoms with E-state index in [1.54, 1.807) is 0 Å². The van der Waals surface area contributed by atoms with E-state index >= 15 is 0 Å². The maximum absolute atomic E-state index is 4.74. The van der Waals surface area contributed by atoms with Crippen LogP contribution in [0.5, 0.6) is 0 Å². The lowest BCUT2D eigenvalue weighted by Crippen LogP contribution is -2.46. The van der Waals surface area contributed by atoms with E-state index in [4.69, 9.17) is 4.98 Å². The monoisotopic (exact) mass is 394 g/mol. The van der Waals surface area contributed by atoms with E-state index in [2.05, 4.69) is 81.5 Å². The largest absolute Gasteiger partial charge is 0.367 e. The van der Waals surface area contributed by atoms with Crippen LogP contribution in [-0.2, 0) is 13.0 Å². The van der Waals surface area contributed by atoms with Crippen molar-refractivity contribution >= 4 is 16.6 Å². The topological polar surface area (TPSA) is 32.3 Å². The van der Waals surface area contributed by atoms with Crippen LogP contribution < -0.4 is 4.90 Å². The molecule has 1 aliphatic rings. The minimum atomic E-state index is 0.826. The molecule has 0 aliphatic carbocycles. The SMILES string of the molecule is c1ccc(CN2CCN(c3cccnc3Cc3ccc4cccnc4c3)CC2)cc1. The van der Waals surface area contributed by atoms with Gasteiger partial charge in [-0.25, -0.2) is 0 Å². The lowest BCUT2D eigenvalue weighted by atomic mass is 10.0. The molecule has 2 aromatic heterocycles.